The molecule has 0 saturated heterocycles. The van der Waals surface area contributed by atoms with Crippen molar-refractivity contribution in [3.05, 3.63) is 71.8 Å². The first-order valence-corrected chi connectivity index (χ1v) is 18.0. The summed E-state index contributed by atoms with van der Waals surface area (Å²) in [4.78, 5) is 12.8. The number of rotatable bonds is 22. The maximum absolute atomic E-state index is 14.9. The van der Waals surface area contributed by atoms with Crippen molar-refractivity contribution in [1.82, 2.24) is 0 Å². The molecule has 0 bridgehead atoms. The lowest BCUT2D eigenvalue weighted by atomic mass is 9.71. The van der Waals surface area contributed by atoms with E-state index in [2.05, 4.69) is 20.4 Å². The SMILES string of the molecule is C=CCC(c1ccc(OC(=O)c2ccc(OCCCCCCCCCCCC)c(F)c2F)cc1)C1CCC(CCCCC)CC1. The van der Waals surface area contributed by atoms with Gasteiger partial charge in [-0.25, -0.2) is 9.18 Å². The van der Waals surface area contributed by atoms with Crippen molar-refractivity contribution in [2.75, 3.05) is 6.61 Å². The minimum Gasteiger partial charge on any atom is -0.490 e. The van der Waals surface area contributed by atoms with E-state index in [1.54, 1.807) is 12.1 Å². The molecule has 0 heterocycles. The summed E-state index contributed by atoms with van der Waals surface area (Å²) < 4.78 is 40.5. The summed E-state index contributed by atoms with van der Waals surface area (Å²) >= 11 is 0. The zero-order valence-corrected chi connectivity index (χ0v) is 28.1. The Balaban J connectivity index is 1.45. The van der Waals surface area contributed by atoms with Gasteiger partial charge < -0.3 is 9.47 Å². The average Bonchev–Trinajstić information content (AvgIpc) is 3.05. The van der Waals surface area contributed by atoms with Gasteiger partial charge in [-0.05, 0) is 73.3 Å². The molecule has 3 nitrogen and oxygen atoms in total. The number of unbranched alkanes of at least 4 members (excludes halogenated alkanes) is 11. The first kappa shape index (κ1) is 36.8. The molecule has 2 aromatic carbocycles. The molecule has 0 spiro atoms. The van der Waals surface area contributed by atoms with Crippen molar-refractivity contribution >= 4 is 5.97 Å². The largest absolute Gasteiger partial charge is 0.490 e. The molecule has 0 aliphatic heterocycles. The van der Waals surface area contributed by atoms with Crippen LogP contribution in [-0.2, 0) is 0 Å². The van der Waals surface area contributed by atoms with Gasteiger partial charge >= 0.3 is 5.97 Å². The van der Waals surface area contributed by atoms with E-state index < -0.39 is 23.2 Å². The fourth-order valence-electron chi connectivity index (χ4n) is 6.86. The lowest BCUT2D eigenvalue weighted by Crippen LogP contribution is -2.20. The van der Waals surface area contributed by atoms with Crippen LogP contribution in [0.25, 0.3) is 0 Å². The zero-order valence-electron chi connectivity index (χ0n) is 28.1. The highest BCUT2D eigenvalue weighted by atomic mass is 19.2. The third-order valence-corrected chi connectivity index (χ3v) is 9.64. The van der Waals surface area contributed by atoms with Gasteiger partial charge in [0.15, 0.2) is 11.6 Å². The van der Waals surface area contributed by atoms with Gasteiger partial charge in [-0.15, -0.1) is 6.58 Å². The third kappa shape index (κ3) is 12.6. The van der Waals surface area contributed by atoms with E-state index in [4.69, 9.17) is 9.47 Å². The van der Waals surface area contributed by atoms with Crippen LogP contribution in [0.5, 0.6) is 11.5 Å². The summed E-state index contributed by atoms with van der Waals surface area (Å²) in [6, 6.07) is 10.0. The monoisotopic (exact) mass is 624 g/mol. The lowest BCUT2D eigenvalue weighted by molar-refractivity contribution is 0.0728. The molecule has 5 heteroatoms. The smallest absolute Gasteiger partial charge is 0.346 e. The maximum atomic E-state index is 14.9. The summed E-state index contributed by atoms with van der Waals surface area (Å²) in [5, 5.41) is 0. The van der Waals surface area contributed by atoms with Crippen LogP contribution in [0.1, 0.15) is 158 Å². The van der Waals surface area contributed by atoms with Crippen LogP contribution in [0.4, 0.5) is 8.78 Å². The molecule has 1 aliphatic carbocycles. The van der Waals surface area contributed by atoms with Crippen molar-refractivity contribution < 1.29 is 23.0 Å². The fourth-order valence-corrected chi connectivity index (χ4v) is 6.86. The molecule has 2 aromatic rings. The molecule has 0 amide bonds. The van der Waals surface area contributed by atoms with Gasteiger partial charge in [-0.1, -0.05) is 128 Å². The highest BCUT2D eigenvalue weighted by Crippen LogP contribution is 2.42. The van der Waals surface area contributed by atoms with Gasteiger partial charge in [0.2, 0.25) is 5.82 Å². The van der Waals surface area contributed by atoms with Crippen LogP contribution in [0.2, 0.25) is 0 Å². The molecule has 1 fully saturated rings. The molecular formula is C40H58F2O3. The Morgan fingerprint density at radius 1 is 0.800 bits per heavy atom. The Bertz CT molecular complexity index is 1120. The number of hydrogen-bond acceptors (Lipinski definition) is 3. The van der Waals surface area contributed by atoms with Crippen molar-refractivity contribution in [2.24, 2.45) is 11.8 Å². The average molecular weight is 625 g/mol. The predicted octanol–water partition coefficient (Wildman–Crippen LogP) is 12.5. The number of allylic oxidation sites excluding steroid dienone is 1. The van der Waals surface area contributed by atoms with Gasteiger partial charge in [0.25, 0.3) is 0 Å². The summed E-state index contributed by atoms with van der Waals surface area (Å²) in [6.07, 6.45) is 25.1. The predicted molar refractivity (Wildman–Crippen MR) is 182 cm³/mol. The second-order valence-corrected chi connectivity index (χ2v) is 13.1. The molecule has 1 unspecified atom stereocenters. The number of halogens is 2. The summed E-state index contributed by atoms with van der Waals surface area (Å²) in [7, 11) is 0. The molecule has 0 N–H and O–H groups in total. The van der Waals surface area contributed by atoms with Crippen molar-refractivity contribution in [1.29, 1.82) is 0 Å². The number of ether oxygens (including phenoxy) is 2. The lowest BCUT2D eigenvalue weighted by Gasteiger charge is -2.34. The Morgan fingerprint density at radius 3 is 2.02 bits per heavy atom. The fraction of sp³-hybridized carbons (Fsp3) is 0.625. The Morgan fingerprint density at radius 2 is 1.40 bits per heavy atom. The number of carbonyl (C=O) groups excluding carboxylic acids is 1. The molecule has 1 saturated carbocycles. The molecule has 250 valence electrons. The Labute approximate surface area is 272 Å². The van der Waals surface area contributed by atoms with Gasteiger partial charge in [0.05, 0.1) is 12.2 Å². The molecule has 0 aromatic heterocycles. The van der Waals surface area contributed by atoms with Crippen LogP contribution < -0.4 is 9.47 Å². The highest BCUT2D eigenvalue weighted by Gasteiger charge is 2.28. The standard InChI is InChI=1S/C40H58F2O3/c1-4-7-9-10-11-12-13-14-15-17-30-44-37-29-28-36(38(41)39(37)42)40(43)45-34-26-24-33(25-27-34)35(18-6-3)32-22-20-31(21-23-32)19-16-8-5-2/h6,24-29,31-32,35H,3-5,7-23,30H2,1-2H3. The summed E-state index contributed by atoms with van der Waals surface area (Å²) in [6.45, 7) is 8.80. The minimum atomic E-state index is -1.24. The maximum Gasteiger partial charge on any atom is 0.346 e. The number of hydrogen-bond donors (Lipinski definition) is 0. The Kier molecular flexibility index (Phi) is 17.3. The van der Waals surface area contributed by atoms with Gasteiger partial charge in [0.1, 0.15) is 5.75 Å². The first-order valence-electron chi connectivity index (χ1n) is 18.0. The molecular weight excluding hydrogens is 566 g/mol. The van der Waals surface area contributed by atoms with Crippen LogP contribution in [0.15, 0.2) is 49.1 Å². The second-order valence-electron chi connectivity index (χ2n) is 13.1. The van der Waals surface area contributed by atoms with E-state index in [0.29, 0.717) is 24.2 Å². The van der Waals surface area contributed by atoms with Crippen LogP contribution in [-0.4, -0.2) is 12.6 Å². The minimum absolute atomic E-state index is 0.174. The van der Waals surface area contributed by atoms with Crippen LogP contribution in [0, 0.1) is 23.5 Å². The molecule has 1 atom stereocenters. The van der Waals surface area contributed by atoms with E-state index in [9.17, 15) is 13.6 Å². The van der Waals surface area contributed by atoms with E-state index in [1.165, 1.54) is 114 Å². The highest BCUT2D eigenvalue weighted by molar-refractivity contribution is 5.91. The van der Waals surface area contributed by atoms with E-state index in [1.807, 2.05) is 18.2 Å². The zero-order chi connectivity index (χ0) is 32.3. The summed E-state index contributed by atoms with van der Waals surface area (Å²) in [5.41, 5.74) is 0.758. The van der Waals surface area contributed by atoms with E-state index in [0.717, 1.165) is 31.6 Å². The van der Waals surface area contributed by atoms with Gasteiger partial charge in [0, 0.05) is 0 Å². The van der Waals surface area contributed by atoms with Crippen molar-refractivity contribution in [2.45, 2.75) is 142 Å². The second kappa shape index (κ2) is 21.2. The number of benzene rings is 2. The van der Waals surface area contributed by atoms with Crippen LogP contribution in [0.3, 0.4) is 0 Å². The van der Waals surface area contributed by atoms with Crippen molar-refractivity contribution in [3.63, 3.8) is 0 Å². The van der Waals surface area contributed by atoms with E-state index in [-0.39, 0.29) is 5.75 Å². The van der Waals surface area contributed by atoms with Gasteiger partial charge in [-0.2, -0.15) is 4.39 Å². The Hall–Kier alpha value is -2.69. The third-order valence-electron chi connectivity index (χ3n) is 9.64. The number of carbonyl (C=O) groups is 1. The topological polar surface area (TPSA) is 35.5 Å². The molecule has 3 rings (SSSR count). The summed E-state index contributed by atoms with van der Waals surface area (Å²) in [5.74, 6) is -1.34. The normalized spacial score (nSPS) is 17.2. The quantitative estimate of drug-likeness (QED) is 0.0566. The van der Waals surface area contributed by atoms with E-state index >= 15 is 0 Å². The number of esters is 1. The first-order chi connectivity index (χ1) is 22.0. The molecule has 1 aliphatic rings. The van der Waals surface area contributed by atoms with Crippen molar-refractivity contribution in [3.8, 4) is 11.5 Å². The molecule has 0 radical (unpaired) electrons. The molecule has 45 heavy (non-hydrogen) atoms. The van der Waals surface area contributed by atoms with Crippen LogP contribution >= 0.6 is 0 Å². The van der Waals surface area contributed by atoms with Gasteiger partial charge in [-0.3, -0.25) is 0 Å².